The molecule has 0 saturated carbocycles. The third-order valence-electron chi connectivity index (χ3n) is 7.86. The summed E-state index contributed by atoms with van der Waals surface area (Å²) in [5.74, 6) is 0. The predicted octanol–water partition coefficient (Wildman–Crippen LogP) is 11.9. The Labute approximate surface area is 257 Å². The van der Waals surface area contributed by atoms with Crippen LogP contribution in [0.15, 0.2) is 127 Å². The molecule has 0 aliphatic carbocycles. The first-order valence-electron chi connectivity index (χ1n) is 14.1. The summed E-state index contributed by atoms with van der Waals surface area (Å²) in [5, 5.41) is 0. The maximum Gasteiger partial charge on any atom is 0.0300 e. The fraction of sp³-hybridized carbons (Fsp3) is 0.100. The average molecular weight is 641 g/mol. The van der Waals surface area contributed by atoms with Crippen molar-refractivity contribution in [2.24, 2.45) is 0 Å². The van der Waals surface area contributed by atoms with Gasteiger partial charge in [0.2, 0.25) is 0 Å². The molecule has 0 aromatic heterocycles. The van der Waals surface area contributed by atoms with Crippen LogP contribution in [0.3, 0.4) is 0 Å². The average Bonchev–Trinajstić information content (AvgIpc) is 2.99. The molecule has 0 spiro atoms. The van der Waals surface area contributed by atoms with Gasteiger partial charge in [-0.05, 0) is 94.8 Å². The molecule has 1 heteroatoms. The lowest BCUT2D eigenvalue weighted by molar-refractivity contribution is 1.43. The normalized spacial score (nSPS) is 11.0. The van der Waals surface area contributed by atoms with E-state index >= 15 is 0 Å². The summed E-state index contributed by atoms with van der Waals surface area (Å²) in [5.41, 5.74) is 17.6. The lowest BCUT2D eigenvalue weighted by atomic mass is 9.78. The molecule has 6 aromatic carbocycles. The minimum atomic E-state index is 1.23. The van der Waals surface area contributed by atoms with E-state index in [0.717, 1.165) is 0 Å². The summed E-state index contributed by atoms with van der Waals surface area (Å²) in [6.45, 7) is 8.63. The van der Waals surface area contributed by atoms with Crippen molar-refractivity contribution in [2.75, 3.05) is 0 Å². The molecule has 0 saturated heterocycles. The molecule has 0 unspecified atom stereocenters. The van der Waals surface area contributed by atoms with Gasteiger partial charge in [0.1, 0.15) is 0 Å². The lowest BCUT2D eigenvalue weighted by Crippen LogP contribution is -2.02. The Balaban J connectivity index is 1.88. The SMILES string of the molecule is Cc1ccc(-c2c(I)c(-c3ccccc3)c(-c3ccc(C)cc3)c(-c3ccc(C)cc3)c2-c2ccc(C)cc2)cc1. The maximum atomic E-state index is 2.62. The van der Waals surface area contributed by atoms with Crippen molar-refractivity contribution in [3.05, 3.63) is 153 Å². The van der Waals surface area contributed by atoms with Gasteiger partial charge in [-0.3, -0.25) is 0 Å². The number of aryl methyl sites for hydroxylation is 4. The molecule has 0 nitrogen and oxygen atoms in total. The predicted molar refractivity (Wildman–Crippen MR) is 185 cm³/mol. The van der Waals surface area contributed by atoms with E-state index in [0.29, 0.717) is 0 Å². The van der Waals surface area contributed by atoms with Crippen LogP contribution in [0.25, 0.3) is 55.6 Å². The van der Waals surface area contributed by atoms with E-state index in [1.165, 1.54) is 81.5 Å². The molecule has 200 valence electrons. The molecule has 41 heavy (non-hydrogen) atoms. The van der Waals surface area contributed by atoms with Crippen LogP contribution in [-0.4, -0.2) is 0 Å². The fourth-order valence-electron chi connectivity index (χ4n) is 5.61. The van der Waals surface area contributed by atoms with Gasteiger partial charge < -0.3 is 0 Å². The van der Waals surface area contributed by atoms with Crippen LogP contribution in [-0.2, 0) is 0 Å². The summed E-state index contributed by atoms with van der Waals surface area (Å²) in [4.78, 5) is 0. The summed E-state index contributed by atoms with van der Waals surface area (Å²) in [7, 11) is 0. The molecule has 0 aliphatic rings. The molecule has 6 aromatic rings. The van der Waals surface area contributed by atoms with Crippen LogP contribution in [0.2, 0.25) is 0 Å². The zero-order valence-corrected chi connectivity index (χ0v) is 26.2. The quantitative estimate of drug-likeness (QED) is 0.165. The van der Waals surface area contributed by atoms with Crippen LogP contribution in [0.4, 0.5) is 0 Å². The molecule has 0 atom stereocenters. The Morgan fingerprint density at radius 2 is 0.537 bits per heavy atom. The van der Waals surface area contributed by atoms with E-state index in [4.69, 9.17) is 0 Å². The zero-order chi connectivity index (χ0) is 28.5. The van der Waals surface area contributed by atoms with Crippen molar-refractivity contribution in [1.82, 2.24) is 0 Å². The van der Waals surface area contributed by atoms with Gasteiger partial charge in [-0.15, -0.1) is 0 Å². The number of benzene rings is 6. The van der Waals surface area contributed by atoms with Gasteiger partial charge in [-0.2, -0.15) is 0 Å². The monoisotopic (exact) mass is 640 g/mol. The molecule has 0 radical (unpaired) electrons. The van der Waals surface area contributed by atoms with Crippen molar-refractivity contribution in [3.8, 4) is 55.6 Å². The number of hydrogen-bond acceptors (Lipinski definition) is 0. The maximum absolute atomic E-state index is 2.62. The summed E-state index contributed by atoms with van der Waals surface area (Å²) in [6, 6.07) is 47.0. The van der Waals surface area contributed by atoms with E-state index in [1.54, 1.807) is 0 Å². The zero-order valence-electron chi connectivity index (χ0n) is 24.0. The van der Waals surface area contributed by atoms with E-state index in [9.17, 15) is 0 Å². The Kier molecular flexibility index (Phi) is 7.64. The Morgan fingerprint density at radius 3 is 0.854 bits per heavy atom. The number of halogens is 1. The van der Waals surface area contributed by atoms with E-state index in [1.807, 2.05) is 0 Å². The molecule has 0 fully saturated rings. The smallest absolute Gasteiger partial charge is 0.0300 e. The van der Waals surface area contributed by atoms with Gasteiger partial charge in [0.15, 0.2) is 0 Å². The van der Waals surface area contributed by atoms with Crippen molar-refractivity contribution >= 4 is 22.6 Å². The first-order valence-corrected chi connectivity index (χ1v) is 15.2. The first-order chi connectivity index (χ1) is 19.9. The van der Waals surface area contributed by atoms with E-state index < -0.39 is 0 Å². The van der Waals surface area contributed by atoms with Crippen LogP contribution in [0, 0.1) is 31.3 Å². The largest absolute Gasteiger partial charge is 0.0622 e. The second kappa shape index (κ2) is 11.5. The summed E-state index contributed by atoms with van der Waals surface area (Å²) < 4.78 is 1.26. The molecular formula is C40H33I. The van der Waals surface area contributed by atoms with Crippen LogP contribution in [0.1, 0.15) is 22.3 Å². The lowest BCUT2D eigenvalue weighted by Gasteiger charge is -2.26. The third-order valence-corrected chi connectivity index (χ3v) is 8.94. The van der Waals surface area contributed by atoms with Crippen LogP contribution >= 0.6 is 22.6 Å². The van der Waals surface area contributed by atoms with Gasteiger partial charge in [0.25, 0.3) is 0 Å². The highest BCUT2D eigenvalue weighted by Gasteiger charge is 2.27. The van der Waals surface area contributed by atoms with Gasteiger partial charge in [-0.25, -0.2) is 0 Å². The van der Waals surface area contributed by atoms with Gasteiger partial charge in [-0.1, -0.05) is 150 Å². The highest BCUT2D eigenvalue weighted by Crippen LogP contribution is 2.53. The molecule has 0 N–H and O–H groups in total. The highest BCUT2D eigenvalue weighted by molar-refractivity contribution is 14.1. The van der Waals surface area contributed by atoms with E-state index in [-0.39, 0.29) is 0 Å². The van der Waals surface area contributed by atoms with Crippen LogP contribution in [0.5, 0.6) is 0 Å². The van der Waals surface area contributed by atoms with Crippen molar-refractivity contribution in [1.29, 1.82) is 0 Å². The Hall–Kier alpha value is -3.95. The molecule has 6 rings (SSSR count). The van der Waals surface area contributed by atoms with Gasteiger partial charge >= 0.3 is 0 Å². The molecule has 0 aliphatic heterocycles. The topological polar surface area (TPSA) is 0 Å². The molecule has 0 amide bonds. The third kappa shape index (κ3) is 5.39. The van der Waals surface area contributed by atoms with Crippen molar-refractivity contribution in [3.63, 3.8) is 0 Å². The molecular weight excluding hydrogens is 607 g/mol. The summed E-state index contributed by atoms with van der Waals surface area (Å²) in [6.07, 6.45) is 0. The number of rotatable bonds is 5. The Morgan fingerprint density at radius 1 is 0.293 bits per heavy atom. The highest BCUT2D eigenvalue weighted by atomic mass is 127. The van der Waals surface area contributed by atoms with Gasteiger partial charge in [0.05, 0.1) is 0 Å². The Bertz CT molecular complexity index is 1810. The van der Waals surface area contributed by atoms with Gasteiger partial charge in [0, 0.05) is 14.7 Å². The van der Waals surface area contributed by atoms with Crippen molar-refractivity contribution in [2.45, 2.75) is 27.7 Å². The number of hydrogen-bond donors (Lipinski definition) is 0. The second-order valence-electron chi connectivity index (χ2n) is 11.0. The second-order valence-corrected chi connectivity index (χ2v) is 12.1. The van der Waals surface area contributed by atoms with Crippen LogP contribution < -0.4 is 0 Å². The van der Waals surface area contributed by atoms with Crippen molar-refractivity contribution < 1.29 is 0 Å². The molecule has 0 heterocycles. The van der Waals surface area contributed by atoms with E-state index in [2.05, 4.69) is 178 Å². The fourth-order valence-corrected chi connectivity index (χ4v) is 6.78. The standard InChI is InChI=1S/C40H33I/c1-26-10-18-31(19-11-26)35-36(32-20-12-27(2)13-21-32)38(30-8-6-5-7-9-30)40(41)39(34-24-16-29(4)17-25-34)37(35)33-22-14-28(3)15-23-33/h5-25H,1-4H3. The molecule has 0 bridgehead atoms. The first kappa shape index (κ1) is 27.2. The minimum Gasteiger partial charge on any atom is -0.0622 e. The summed E-state index contributed by atoms with van der Waals surface area (Å²) >= 11 is 2.62. The minimum absolute atomic E-state index is 1.23.